The predicted molar refractivity (Wildman–Crippen MR) is 57.2 cm³/mol. The molecule has 5 heteroatoms. The van der Waals surface area contributed by atoms with Crippen molar-refractivity contribution in [2.24, 2.45) is 0 Å². The lowest BCUT2D eigenvalue weighted by Gasteiger charge is -2.01. The molecule has 1 aromatic heterocycles. The Kier molecular flexibility index (Phi) is 2.86. The molecule has 0 atom stereocenters. The van der Waals surface area contributed by atoms with E-state index in [1.807, 2.05) is 30.3 Å². The highest BCUT2D eigenvalue weighted by molar-refractivity contribution is 5.85. The average molecular weight is 218 g/mol. The van der Waals surface area contributed by atoms with Gasteiger partial charge in [-0.2, -0.15) is 0 Å². The lowest BCUT2D eigenvalue weighted by atomic mass is 10.3. The lowest BCUT2D eigenvalue weighted by molar-refractivity contribution is 0.0685. The first-order valence-electron chi connectivity index (χ1n) is 4.73. The third-order valence-electron chi connectivity index (χ3n) is 2.02. The molecule has 0 saturated carbocycles. The van der Waals surface area contributed by atoms with Crippen molar-refractivity contribution in [1.82, 2.24) is 5.16 Å². The van der Waals surface area contributed by atoms with Crippen molar-refractivity contribution in [2.45, 2.75) is 6.54 Å². The molecular weight excluding hydrogens is 208 g/mol. The molecule has 0 amide bonds. The summed E-state index contributed by atoms with van der Waals surface area (Å²) >= 11 is 0. The molecule has 16 heavy (non-hydrogen) atoms. The number of nitrogens with zero attached hydrogens (tertiary/aromatic N) is 1. The third-order valence-corrected chi connectivity index (χ3v) is 2.02. The molecule has 0 fully saturated rings. The van der Waals surface area contributed by atoms with Crippen molar-refractivity contribution in [2.75, 3.05) is 5.32 Å². The van der Waals surface area contributed by atoms with Crippen LogP contribution in [-0.2, 0) is 6.54 Å². The number of nitrogens with one attached hydrogen (secondary N) is 1. The van der Waals surface area contributed by atoms with Crippen molar-refractivity contribution < 1.29 is 14.4 Å². The van der Waals surface area contributed by atoms with Crippen molar-refractivity contribution >= 4 is 11.7 Å². The minimum atomic E-state index is -1.09. The zero-order chi connectivity index (χ0) is 11.4. The fourth-order valence-electron chi connectivity index (χ4n) is 1.24. The SMILES string of the molecule is O=C(O)c1cc(CNc2ccccc2)on1. The summed E-state index contributed by atoms with van der Waals surface area (Å²) < 4.78 is 4.85. The van der Waals surface area contributed by atoms with Gasteiger partial charge in [-0.25, -0.2) is 4.79 Å². The molecule has 1 heterocycles. The maximum absolute atomic E-state index is 10.5. The maximum atomic E-state index is 10.5. The fraction of sp³-hybridized carbons (Fsp3) is 0.0909. The van der Waals surface area contributed by atoms with E-state index < -0.39 is 5.97 Å². The summed E-state index contributed by atoms with van der Waals surface area (Å²) in [5, 5.41) is 15.1. The molecule has 0 aliphatic rings. The largest absolute Gasteiger partial charge is 0.476 e. The minimum absolute atomic E-state index is 0.0788. The van der Waals surface area contributed by atoms with Gasteiger partial charge in [-0.1, -0.05) is 23.4 Å². The summed E-state index contributed by atoms with van der Waals surface area (Å²) in [6.45, 7) is 0.407. The van der Waals surface area contributed by atoms with Crippen LogP contribution < -0.4 is 5.32 Å². The van der Waals surface area contributed by atoms with Crippen LogP contribution in [0, 0.1) is 0 Å². The Morgan fingerprint density at radius 3 is 2.75 bits per heavy atom. The van der Waals surface area contributed by atoms with Gasteiger partial charge in [-0.3, -0.25) is 0 Å². The molecule has 0 saturated heterocycles. The van der Waals surface area contributed by atoms with Crippen LogP contribution in [0.15, 0.2) is 40.9 Å². The van der Waals surface area contributed by atoms with Crippen molar-refractivity contribution in [3.63, 3.8) is 0 Å². The normalized spacial score (nSPS) is 10.0. The highest BCUT2D eigenvalue weighted by atomic mass is 16.5. The van der Waals surface area contributed by atoms with E-state index in [9.17, 15) is 4.79 Å². The first-order valence-corrected chi connectivity index (χ1v) is 4.73. The summed E-state index contributed by atoms with van der Waals surface area (Å²) in [5.74, 6) is -0.601. The second kappa shape index (κ2) is 4.48. The Balaban J connectivity index is 1.97. The summed E-state index contributed by atoms with van der Waals surface area (Å²) in [5.41, 5.74) is 0.862. The number of carboxylic acid groups (broad SMARTS) is 1. The molecule has 2 rings (SSSR count). The highest BCUT2D eigenvalue weighted by Gasteiger charge is 2.09. The van der Waals surface area contributed by atoms with Crippen LogP contribution >= 0.6 is 0 Å². The number of aromatic nitrogens is 1. The van der Waals surface area contributed by atoms with E-state index in [1.54, 1.807) is 0 Å². The molecular formula is C11H10N2O3. The maximum Gasteiger partial charge on any atom is 0.358 e. The molecule has 2 N–H and O–H groups in total. The molecule has 0 unspecified atom stereocenters. The second-order valence-electron chi connectivity index (χ2n) is 3.20. The van der Waals surface area contributed by atoms with Crippen LogP contribution in [0.1, 0.15) is 16.2 Å². The monoisotopic (exact) mass is 218 g/mol. The van der Waals surface area contributed by atoms with Gasteiger partial charge in [0.2, 0.25) is 0 Å². The number of hydrogen-bond acceptors (Lipinski definition) is 4. The zero-order valence-corrected chi connectivity index (χ0v) is 8.38. The Bertz CT molecular complexity index is 479. The molecule has 2 aromatic rings. The van der Waals surface area contributed by atoms with Gasteiger partial charge in [-0.15, -0.1) is 0 Å². The predicted octanol–water partition coefficient (Wildman–Crippen LogP) is 1.98. The van der Waals surface area contributed by atoms with Gasteiger partial charge >= 0.3 is 5.97 Å². The fourth-order valence-corrected chi connectivity index (χ4v) is 1.24. The summed E-state index contributed by atoms with van der Waals surface area (Å²) in [7, 11) is 0. The standard InChI is InChI=1S/C11H10N2O3/c14-11(15)10-6-9(16-13-10)7-12-8-4-2-1-3-5-8/h1-6,12H,7H2,(H,14,15). The van der Waals surface area contributed by atoms with Crippen LogP contribution in [0.4, 0.5) is 5.69 Å². The van der Waals surface area contributed by atoms with Gasteiger partial charge in [0.1, 0.15) is 0 Å². The number of rotatable bonds is 4. The van der Waals surface area contributed by atoms with Gasteiger partial charge in [0.15, 0.2) is 11.5 Å². The van der Waals surface area contributed by atoms with E-state index in [1.165, 1.54) is 6.07 Å². The van der Waals surface area contributed by atoms with Gasteiger partial charge in [0, 0.05) is 11.8 Å². The summed E-state index contributed by atoms with van der Waals surface area (Å²) in [4.78, 5) is 10.5. The number of benzene rings is 1. The molecule has 0 radical (unpaired) electrons. The Morgan fingerprint density at radius 1 is 1.38 bits per heavy atom. The molecule has 5 nitrogen and oxygen atoms in total. The second-order valence-corrected chi connectivity index (χ2v) is 3.20. The zero-order valence-electron chi connectivity index (χ0n) is 8.38. The number of carbonyl (C=O) groups is 1. The smallest absolute Gasteiger partial charge is 0.358 e. The average Bonchev–Trinajstić information content (AvgIpc) is 2.76. The Labute approximate surface area is 91.7 Å². The first-order chi connectivity index (χ1) is 7.75. The number of aromatic carboxylic acids is 1. The van der Waals surface area contributed by atoms with Crippen molar-refractivity contribution in [3.8, 4) is 0 Å². The molecule has 1 aromatic carbocycles. The number of anilines is 1. The summed E-state index contributed by atoms with van der Waals surface area (Å²) in [6.07, 6.45) is 0. The van der Waals surface area contributed by atoms with E-state index >= 15 is 0 Å². The van der Waals surface area contributed by atoms with E-state index in [0.717, 1.165) is 5.69 Å². The quantitative estimate of drug-likeness (QED) is 0.820. The van der Waals surface area contributed by atoms with Crippen molar-refractivity contribution in [1.29, 1.82) is 0 Å². The first kappa shape index (κ1) is 10.2. The minimum Gasteiger partial charge on any atom is -0.476 e. The Hall–Kier alpha value is -2.30. The van der Waals surface area contributed by atoms with Crippen molar-refractivity contribution in [3.05, 3.63) is 47.9 Å². The molecule has 82 valence electrons. The number of carboxylic acids is 1. The number of hydrogen-bond donors (Lipinski definition) is 2. The molecule has 0 bridgehead atoms. The topological polar surface area (TPSA) is 75.4 Å². The molecule has 0 aliphatic heterocycles. The van der Waals surface area contributed by atoms with E-state index in [-0.39, 0.29) is 5.69 Å². The van der Waals surface area contributed by atoms with Crippen LogP contribution in [0.3, 0.4) is 0 Å². The molecule has 0 spiro atoms. The van der Waals surface area contributed by atoms with Crippen LogP contribution in [-0.4, -0.2) is 16.2 Å². The van der Waals surface area contributed by atoms with E-state index in [2.05, 4.69) is 10.5 Å². The Morgan fingerprint density at radius 2 is 2.12 bits per heavy atom. The van der Waals surface area contributed by atoms with Gasteiger partial charge in [-0.05, 0) is 12.1 Å². The molecule has 0 aliphatic carbocycles. The van der Waals surface area contributed by atoms with Gasteiger partial charge in [0.05, 0.1) is 6.54 Å². The lowest BCUT2D eigenvalue weighted by Crippen LogP contribution is -1.98. The highest BCUT2D eigenvalue weighted by Crippen LogP contribution is 2.09. The number of para-hydroxylation sites is 1. The third kappa shape index (κ3) is 2.38. The van der Waals surface area contributed by atoms with E-state index in [4.69, 9.17) is 9.63 Å². The van der Waals surface area contributed by atoms with E-state index in [0.29, 0.717) is 12.3 Å². The van der Waals surface area contributed by atoms with Crippen LogP contribution in [0.5, 0.6) is 0 Å². The summed E-state index contributed by atoms with van der Waals surface area (Å²) in [6, 6.07) is 11.0. The van der Waals surface area contributed by atoms with Gasteiger partial charge < -0.3 is 14.9 Å². The van der Waals surface area contributed by atoms with Crippen LogP contribution in [0.25, 0.3) is 0 Å². The van der Waals surface area contributed by atoms with Gasteiger partial charge in [0.25, 0.3) is 0 Å². The van der Waals surface area contributed by atoms with Crippen LogP contribution in [0.2, 0.25) is 0 Å².